The minimum absolute atomic E-state index is 0.0121. The quantitative estimate of drug-likeness (QED) is 0.878. The van der Waals surface area contributed by atoms with Crippen LogP contribution in [0, 0.1) is 0 Å². The zero-order valence-corrected chi connectivity index (χ0v) is 12.1. The Balaban J connectivity index is 2.20. The summed E-state index contributed by atoms with van der Waals surface area (Å²) in [6.45, 7) is 1.71. The maximum atomic E-state index is 12.1. The lowest BCUT2D eigenvalue weighted by molar-refractivity contribution is 0.0702. The number of aromatic carboxylic acids is 1. The Hall–Kier alpha value is -1.77. The van der Waals surface area contributed by atoms with Crippen molar-refractivity contribution < 1.29 is 18.3 Å². The molecule has 0 aliphatic heterocycles. The number of hydrogen-bond donors (Lipinski definition) is 2. The first-order chi connectivity index (χ1) is 9.40. The van der Waals surface area contributed by atoms with Gasteiger partial charge in [-0.1, -0.05) is 0 Å². The van der Waals surface area contributed by atoms with Crippen LogP contribution in [0.25, 0.3) is 0 Å². The molecule has 0 aromatic carbocycles. The van der Waals surface area contributed by atoms with Crippen LogP contribution in [0.1, 0.15) is 28.2 Å². The monoisotopic (exact) mass is 312 g/mol. The highest BCUT2D eigenvalue weighted by atomic mass is 32.2. The van der Waals surface area contributed by atoms with E-state index in [9.17, 15) is 13.2 Å². The number of carbonyl (C=O) groups is 1. The van der Waals surface area contributed by atoms with Crippen molar-refractivity contribution in [2.75, 3.05) is 0 Å². The predicted octanol–water partition coefficient (Wildman–Crippen LogP) is 1.88. The Kier molecular flexibility index (Phi) is 4.17. The third kappa shape index (κ3) is 3.21. The van der Waals surface area contributed by atoms with Gasteiger partial charge in [0.1, 0.15) is 4.88 Å². The van der Waals surface area contributed by atoms with E-state index in [4.69, 9.17) is 5.11 Å². The molecule has 6 nitrogen and oxygen atoms in total. The van der Waals surface area contributed by atoms with Gasteiger partial charge in [0.25, 0.3) is 0 Å². The molecule has 1 atom stereocenters. The third-order valence-corrected chi connectivity index (χ3v) is 5.22. The highest BCUT2D eigenvalue weighted by Crippen LogP contribution is 2.21. The summed E-state index contributed by atoms with van der Waals surface area (Å²) in [5.41, 5.74) is 0.775. The third-order valence-electron chi connectivity index (χ3n) is 2.63. The van der Waals surface area contributed by atoms with Crippen LogP contribution in [0.4, 0.5) is 0 Å². The molecule has 0 radical (unpaired) electrons. The lowest BCUT2D eigenvalue weighted by Gasteiger charge is -2.13. The Labute approximate surface area is 120 Å². The lowest BCUT2D eigenvalue weighted by Crippen LogP contribution is -2.26. The van der Waals surface area contributed by atoms with Gasteiger partial charge in [-0.15, -0.1) is 11.3 Å². The molecule has 0 amide bonds. The Morgan fingerprint density at radius 1 is 1.40 bits per heavy atom. The van der Waals surface area contributed by atoms with Crippen molar-refractivity contribution in [3.8, 4) is 0 Å². The molecule has 0 aliphatic rings. The molecule has 2 heterocycles. The summed E-state index contributed by atoms with van der Waals surface area (Å²) in [4.78, 5) is 14.6. The Morgan fingerprint density at radius 2 is 2.05 bits per heavy atom. The zero-order chi connectivity index (χ0) is 14.8. The van der Waals surface area contributed by atoms with Gasteiger partial charge in [0.2, 0.25) is 10.0 Å². The summed E-state index contributed by atoms with van der Waals surface area (Å²) < 4.78 is 26.8. The molecule has 2 rings (SSSR count). The summed E-state index contributed by atoms with van der Waals surface area (Å²) in [5, 5.41) is 10.1. The number of carboxylic acids is 1. The van der Waals surface area contributed by atoms with Crippen molar-refractivity contribution in [1.29, 1.82) is 0 Å². The molecule has 0 saturated carbocycles. The average molecular weight is 312 g/mol. The molecule has 106 valence electrons. The molecular formula is C12H12N2O4S2. The predicted molar refractivity (Wildman–Crippen MR) is 74.3 cm³/mol. The first-order valence-corrected chi connectivity index (χ1v) is 8.00. The van der Waals surface area contributed by atoms with E-state index in [1.165, 1.54) is 5.38 Å². The van der Waals surface area contributed by atoms with Crippen molar-refractivity contribution in [2.45, 2.75) is 17.9 Å². The number of sulfonamides is 1. The lowest BCUT2D eigenvalue weighted by atomic mass is 10.1. The van der Waals surface area contributed by atoms with Crippen LogP contribution in [0.5, 0.6) is 0 Å². The second-order valence-corrected chi connectivity index (χ2v) is 6.70. The van der Waals surface area contributed by atoms with Gasteiger partial charge in [0.05, 0.1) is 4.90 Å². The summed E-state index contributed by atoms with van der Waals surface area (Å²) in [7, 11) is -3.74. The number of nitrogens with one attached hydrogen (secondary N) is 1. The molecule has 2 aromatic heterocycles. The molecule has 2 aromatic rings. The normalized spacial score (nSPS) is 13.1. The SMILES string of the molecule is C[C@@H](NS(=O)(=O)c1csc(C(=O)O)c1)c1ccncc1. The van der Waals surface area contributed by atoms with Crippen LogP contribution < -0.4 is 4.72 Å². The molecule has 2 N–H and O–H groups in total. The zero-order valence-electron chi connectivity index (χ0n) is 10.5. The average Bonchev–Trinajstić information content (AvgIpc) is 2.90. The van der Waals surface area contributed by atoms with Crippen LogP contribution in [0.3, 0.4) is 0 Å². The fraction of sp³-hybridized carbons (Fsp3) is 0.167. The van der Waals surface area contributed by atoms with Crippen molar-refractivity contribution in [1.82, 2.24) is 9.71 Å². The Morgan fingerprint density at radius 3 is 2.60 bits per heavy atom. The van der Waals surface area contributed by atoms with E-state index < -0.39 is 22.0 Å². The van der Waals surface area contributed by atoms with Gasteiger partial charge in [-0.25, -0.2) is 17.9 Å². The minimum atomic E-state index is -3.74. The van der Waals surface area contributed by atoms with Gasteiger partial charge in [-0.2, -0.15) is 0 Å². The van der Waals surface area contributed by atoms with Crippen molar-refractivity contribution in [3.05, 3.63) is 46.4 Å². The highest BCUT2D eigenvalue weighted by Gasteiger charge is 2.21. The molecule has 0 aliphatic carbocycles. The van der Waals surface area contributed by atoms with E-state index in [1.54, 1.807) is 31.5 Å². The maximum Gasteiger partial charge on any atom is 0.345 e. The van der Waals surface area contributed by atoms with Crippen molar-refractivity contribution in [2.24, 2.45) is 0 Å². The number of carboxylic acid groups (broad SMARTS) is 1. The first-order valence-electron chi connectivity index (χ1n) is 5.64. The second kappa shape index (κ2) is 5.70. The molecular weight excluding hydrogens is 300 g/mol. The van der Waals surface area contributed by atoms with Crippen molar-refractivity contribution in [3.63, 3.8) is 0 Å². The summed E-state index contributed by atoms with van der Waals surface area (Å²) in [5.74, 6) is -1.14. The van der Waals surface area contributed by atoms with Crippen LogP contribution in [0.2, 0.25) is 0 Å². The topological polar surface area (TPSA) is 96.4 Å². The largest absolute Gasteiger partial charge is 0.477 e. The van der Waals surface area contributed by atoms with Crippen molar-refractivity contribution >= 4 is 27.3 Å². The van der Waals surface area contributed by atoms with Crippen LogP contribution in [-0.2, 0) is 10.0 Å². The fourth-order valence-corrected chi connectivity index (χ4v) is 3.94. The minimum Gasteiger partial charge on any atom is -0.477 e. The first kappa shape index (κ1) is 14.6. The van der Waals surface area contributed by atoms with E-state index in [0.29, 0.717) is 0 Å². The molecule has 0 bridgehead atoms. The van der Waals surface area contributed by atoms with Crippen LogP contribution in [0.15, 0.2) is 40.9 Å². The van der Waals surface area contributed by atoms with E-state index in [0.717, 1.165) is 23.0 Å². The van der Waals surface area contributed by atoms with Gasteiger partial charge >= 0.3 is 5.97 Å². The number of thiophene rings is 1. The molecule has 0 fully saturated rings. The Bertz CT molecular complexity index is 710. The van der Waals surface area contributed by atoms with Gasteiger partial charge in [-0.3, -0.25) is 4.98 Å². The fourth-order valence-electron chi connectivity index (χ4n) is 1.59. The number of aromatic nitrogens is 1. The van der Waals surface area contributed by atoms with Gasteiger partial charge < -0.3 is 5.11 Å². The standard InChI is InChI=1S/C12H12N2O4S2/c1-8(9-2-4-13-5-3-9)14-20(17,18)10-6-11(12(15)16)19-7-10/h2-8,14H,1H3,(H,15,16)/t8-/m1/s1. The molecule has 0 unspecified atom stereocenters. The van der Waals surface area contributed by atoms with Crippen LogP contribution >= 0.6 is 11.3 Å². The summed E-state index contributed by atoms with van der Waals surface area (Å²) >= 11 is 0.879. The van der Waals surface area contributed by atoms with Gasteiger partial charge in [-0.05, 0) is 30.7 Å². The van der Waals surface area contributed by atoms with Crippen LogP contribution in [-0.4, -0.2) is 24.5 Å². The van der Waals surface area contributed by atoms with E-state index in [1.807, 2.05) is 0 Å². The smallest absolute Gasteiger partial charge is 0.345 e. The summed E-state index contributed by atoms with van der Waals surface area (Å²) in [6, 6.07) is 4.14. The second-order valence-electron chi connectivity index (χ2n) is 4.08. The number of hydrogen-bond acceptors (Lipinski definition) is 5. The van der Waals surface area contributed by atoms with Gasteiger partial charge in [0, 0.05) is 23.8 Å². The molecule has 20 heavy (non-hydrogen) atoms. The molecule has 8 heteroatoms. The number of pyridine rings is 1. The maximum absolute atomic E-state index is 12.1. The number of rotatable bonds is 5. The van der Waals surface area contributed by atoms with E-state index in [2.05, 4.69) is 9.71 Å². The molecule has 0 saturated heterocycles. The molecule has 0 spiro atoms. The summed E-state index contributed by atoms with van der Waals surface area (Å²) in [6.07, 6.45) is 3.15. The number of nitrogens with zero attached hydrogens (tertiary/aromatic N) is 1. The van der Waals surface area contributed by atoms with E-state index >= 15 is 0 Å². The van der Waals surface area contributed by atoms with E-state index in [-0.39, 0.29) is 9.77 Å². The van der Waals surface area contributed by atoms with Gasteiger partial charge in [0.15, 0.2) is 0 Å². The highest BCUT2D eigenvalue weighted by molar-refractivity contribution is 7.89.